The lowest BCUT2D eigenvalue weighted by molar-refractivity contribution is 0.0746. The van der Waals surface area contributed by atoms with Crippen molar-refractivity contribution in [2.75, 3.05) is 0 Å². The van der Waals surface area contributed by atoms with Crippen LogP contribution in [0.5, 0.6) is 5.75 Å². The number of rotatable bonds is 1. The van der Waals surface area contributed by atoms with Gasteiger partial charge in [-0.1, -0.05) is 41.8 Å². The standard InChI is InChI=1S/C21H21ClO/c1-15-5-10-20-18(13-15)19(16-6-8-17(22)9-7-16)14-21(23-20)11-3-2-4-12-21/h5-10,13-14H,2-4,11-12H2,1H3. The zero-order valence-electron chi connectivity index (χ0n) is 13.4. The van der Waals surface area contributed by atoms with Crippen molar-refractivity contribution >= 4 is 17.2 Å². The molecule has 2 heteroatoms. The average Bonchev–Trinajstić information content (AvgIpc) is 2.56. The first kappa shape index (κ1) is 14.8. The van der Waals surface area contributed by atoms with Gasteiger partial charge in [0.25, 0.3) is 0 Å². The Balaban J connectivity index is 1.87. The molecular formula is C21H21ClO. The molecular weight excluding hydrogens is 304 g/mol. The Kier molecular flexibility index (Phi) is 3.69. The van der Waals surface area contributed by atoms with Gasteiger partial charge in [0.2, 0.25) is 0 Å². The van der Waals surface area contributed by atoms with Crippen molar-refractivity contribution in [1.82, 2.24) is 0 Å². The van der Waals surface area contributed by atoms with Gasteiger partial charge in [-0.3, -0.25) is 0 Å². The lowest BCUT2D eigenvalue weighted by Crippen LogP contribution is -2.38. The quantitative estimate of drug-likeness (QED) is 0.609. The molecule has 1 fully saturated rings. The molecule has 0 radical (unpaired) electrons. The second kappa shape index (κ2) is 5.72. The van der Waals surface area contributed by atoms with Gasteiger partial charge in [-0.15, -0.1) is 0 Å². The van der Waals surface area contributed by atoms with Crippen LogP contribution in [0.25, 0.3) is 5.57 Å². The van der Waals surface area contributed by atoms with E-state index in [1.807, 2.05) is 12.1 Å². The first-order valence-corrected chi connectivity index (χ1v) is 8.82. The van der Waals surface area contributed by atoms with Crippen molar-refractivity contribution in [2.45, 2.75) is 44.6 Å². The normalized spacial score (nSPS) is 19.0. The summed E-state index contributed by atoms with van der Waals surface area (Å²) < 4.78 is 6.49. The van der Waals surface area contributed by atoms with Crippen LogP contribution in [0.15, 0.2) is 48.5 Å². The number of hydrogen-bond acceptors (Lipinski definition) is 1. The lowest BCUT2D eigenvalue weighted by atomic mass is 9.79. The van der Waals surface area contributed by atoms with Crippen molar-refractivity contribution in [2.24, 2.45) is 0 Å². The molecule has 0 atom stereocenters. The fraction of sp³-hybridized carbons (Fsp3) is 0.333. The number of ether oxygens (including phenoxy) is 1. The highest BCUT2D eigenvalue weighted by atomic mass is 35.5. The average molecular weight is 325 g/mol. The molecule has 1 aliphatic carbocycles. The summed E-state index contributed by atoms with van der Waals surface area (Å²) in [6, 6.07) is 14.7. The van der Waals surface area contributed by atoms with Gasteiger partial charge < -0.3 is 4.74 Å². The summed E-state index contributed by atoms with van der Waals surface area (Å²) in [7, 11) is 0. The molecule has 0 aromatic heterocycles. The molecule has 1 aliphatic heterocycles. The minimum absolute atomic E-state index is 0.129. The van der Waals surface area contributed by atoms with Gasteiger partial charge in [-0.05, 0) is 74.1 Å². The topological polar surface area (TPSA) is 9.23 Å². The van der Waals surface area contributed by atoms with E-state index in [2.05, 4.69) is 43.3 Å². The molecule has 0 bridgehead atoms. The number of fused-ring (bicyclic) bond motifs is 1. The lowest BCUT2D eigenvalue weighted by Gasteiger charge is -2.40. The van der Waals surface area contributed by atoms with Crippen LogP contribution in [0.4, 0.5) is 0 Å². The zero-order chi connectivity index (χ0) is 15.9. The van der Waals surface area contributed by atoms with Crippen LogP contribution < -0.4 is 4.74 Å². The Bertz CT molecular complexity index is 752. The van der Waals surface area contributed by atoms with E-state index in [0.717, 1.165) is 23.6 Å². The third-order valence-corrected chi connectivity index (χ3v) is 5.25. The highest BCUT2D eigenvalue weighted by Gasteiger charge is 2.36. The molecule has 0 N–H and O–H groups in total. The van der Waals surface area contributed by atoms with Crippen LogP contribution in [-0.2, 0) is 0 Å². The van der Waals surface area contributed by atoms with E-state index >= 15 is 0 Å². The Morgan fingerprint density at radius 2 is 1.70 bits per heavy atom. The van der Waals surface area contributed by atoms with Crippen LogP contribution in [0, 0.1) is 6.92 Å². The van der Waals surface area contributed by atoms with Crippen molar-refractivity contribution < 1.29 is 4.74 Å². The molecule has 4 rings (SSSR count). The summed E-state index contributed by atoms with van der Waals surface area (Å²) in [5.74, 6) is 1.02. The van der Waals surface area contributed by atoms with E-state index in [9.17, 15) is 0 Å². The highest BCUT2D eigenvalue weighted by Crippen LogP contribution is 2.45. The molecule has 2 aromatic rings. The smallest absolute Gasteiger partial charge is 0.128 e. The molecule has 1 nitrogen and oxygen atoms in total. The highest BCUT2D eigenvalue weighted by molar-refractivity contribution is 6.30. The summed E-state index contributed by atoms with van der Waals surface area (Å²) in [5.41, 5.74) is 4.83. The van der Waals surface area contributed by atoms with Crippen LogP contribution >= 0.6 is 11.6 Å². The Morgan fingerprint density at radius 3 is 2.43 bits per heavy atom. The van der Waals surface area contributed by atoms with E-state index in [4.69, 9.17) is 16.3 Å². The van der Waals surface area contributed by atoms with E-state index < -0.39 is 0 Å². The predicted molar refractivity (Wildman–Crippen MR) is 96.2 cm³/mol. The summed E-state index contributed by atoms with van der Waals surface area (Å²) in [6.07, 6.45) is 8.39. The zero-order valence-corrected chi connectivity index (χ0v) is 14.2. The van der Waals surface area contributed by atoms with Crippen molar-refractivity contribution in [3.63, 3.8) is 0 Å². The van der Waals surface area contributed by atoms with Crippen LogP contribution in [0.1, 0.15) is 48.8 Å². The van der Waals surface area contributed by atoms with Crippen LogP contribution in [-0.4, -0.2) is 5.60 Å². The Labute approximate surface area is 142 Å². The van der Waals surface area contributed by atoms with E-state index in [1.165, 1.54) is 41.5 Å². The van der Waals surface area contributed by atoms with Crippen molar-refractivity contribution in [1.29, 1.82) is 0 Å². The van der Waals surface area contributed by atoms with Crippen molar-refractivity contribution in [3.05, 3.63) is 70.3 Å². The van der Waals surface area contributed by atoms with Gasteiger partial charge in [0.15, 0.2) is 0 Å². The molecule has 2 aliphatic rings. The number of aryl methyl sites for hydroxylation is 1. The second-order valence-electron chi connectivity index (χ2n) is 6.79. The molecule has 2 aromatic carbocycles. The number of hydrogen-bond donors (Lipinski definition) is 0. The monoisotopic (exact) mass is 324 g/mol. The summed E-state index contributed by atoms with van der Waals surface area (Å²) in [6.45, 7) is 2.13. The van der Waals surface area contributed by atoms with E-state index in [0.29, 0.717) is 0 Å². The van der Waals surface area contributed by atoms with E-state index in [1.54, 1.807) is 0 Å². The van der Waals surface area contributed by atoms with Crippen LogP contribution in [0.2, 0.25) is 5.02 Å². The fourth-order valence-electron chi connectivity index (χ4n) is 3.80. The second-order valence-corrected chi connectivity index (χ2v) is 7.23. The molecule has 1 spiro atoms. The fourth-order valence-corrected chi connectivity index (χ4v) is 3.92. The minimum Gasteiger partial charge on any atom is -0.483 e. The molecule has 118 valence electrons. The van der Waals surface area contributed by atoms with Crippen LogP contribution in [0.3, 0.4) is 0 Å². The predicted octanol–water partition coefficient (Wildman–Crippen LogP) is 6.18. The first-order valence-electron chi connectivity index (χ1n) is 8.44. The summed E-state index contributed by atoms with van der Waals surface area (Å²) in [5, 5.41) is 0.776. The maximum Gasteiger partial charge on any atom is 0.128 e. The molecule has 1 saturated carbocycles. The molecule has 1 heterocycles. The third-order valence-electron chi connectivity index (χ3n) is 5.00. The largest absolute Gasteiger partial charge is 0.483 e. The number of halogens is 1. The maximum atomic E-state index is 6.49. The summed E-state index contributed by atoms with van der Waals surface area (Å²) in [4.78, 5) is 0. The van der Waals surface area contributed by atoms with Gasteiger partial charge in [0.1, 0.15) is 11.4 Å². The van der Waals surface area contributed by atoms with Gasteiger partial charge in [0.05, 0.1) is 0 Å². The SMILES string of the molecule is Cc1ccc2c(c1)C(c1ccc(Cl)cc1)=CC1(CCCCC1)O2. The van der Waals surface area contributed by atoms with Gasteiger partial charge in [-0.25, -0.2) is 0 Å². The molecule has 0 amide bonds. The minimum atomic E-state index is -0.129. The molecule has 0 saturated heterocycles. The van der Waals surface area contributed by atoms with Gasteiger partial charge in [-0.2, -0.15) is 0 Å². The van der Waals surface area contributed by atoms with Gasteiger partial charge >= 0.3 is 0 Å². The molecule has 0 unspecified atom stereocenters. The first-order chi connectivity index (χ1) is 11.2. The van der Waals surface area contributed by atoms with E-state index in [-0.39, 0.29) is 5.60 Å². The Hall–Kier alpha value is -1.73. The molecule has 23 heavy (non-hydrogen) atoms. The van der Waals surface area contributed by atoms with Crippen molar-refractivity contribution in [3.8, 4) is 5.75 Å². The summed E-state index contributed by atoms with van der Waals surface area (Å²) >= 11 is 6.07. The Morgan fingerprint density at radius 1 is 0.957 bits per heavy atom. The maximum absolute atomic E-state index is 6.49. The van der Waals surface area contributed by atoms with Gasteiger partial charge in [0, 0.05) is 10.6 Å². The number of benzene rings is 2. The third kappa shape index (κ3) is 2.79.